The Hall–Kier alpha value is -4.06. The van der Waals surface area contributed by atoms with E-state index in [1.807, 2.05) is 84.3 Å². The van der Waals surface area contributed by atoms with E-state index in [4.69, 9.17) is 13.8 Å². The summed E-state index contributed by atoms with van der Waals surface area (Å²) in [4.78, 5) is 21.3. The molecule has 2 aromatic carbocycles. The van der Waals surface area contributed by atoms with Gasteiger partial charge in [-0.25, -0.2) is 0 Å². The van der Waals surface area contributed by atoms with Crippen molar-refractivity contribution < 1.29 is 38.8 Å². The Kier molecular flexibility index (Phi) is 12.0. The van der Waals surface area contributed by atoms with E-state index in [9.17, 15) is 9.90 Å². The zero-order chi connectivity index (χ0) is 35.6. The Labute approximate surface area is 309 Å². The molecule has 50 heavy (non-hydrogen) atoms. The van der Waals surface area contributed by atoms with Crippen LogP contribution in [0.1, 0.15) is 93.6 Å². The van der Waals surface area contributed by atoms with Crippen molar-refractivity contribution in [2.45, 2.75) is 93.4 Å². The summed E-state index contributed by atoms with van der Waals surface area (Å²) >= 11 is 0. The molecule has 7 heteroatoms. The molecule has 0 aliphatic carbocycles. The van der Waals surface area contributed by atoms with Crippen LogP contribution in [0.3, 0.4) is 0 Å². The van der Waals surface area contributed by atoms with Crippen LogP contribution in [-0.4, -0.2) is 20.9 Å². The summed E-state index contributed by atoms with van der Waals surface area (Å²) in [7, 11) is 0. The van der Waals surface area contributed by atoms with E-state index in [0.29, 0.717) is 0 Å². The number of furan rings is 2. The number of rotatable bonds is 9. The molecule has 0 spiro atoms. The number of ketones is 1. The van der Waals surface area contributed by atoms with Crippen molar-refractivity contribution >= 4 is 38.6 Å². The largest absolute Gasteiger partial charge is 0.512 e. The van der Waals surface area contributed by atoms with E-state index in [1.54, 1.807) is 6.26 Å². The van der Waals surface area contributed by atoms with Gasteiger partial charge < -0.3 is 13.9 Å². The van der Waals surface area contributed by atoms with Crippen LogP contribution in [0.5, 0.6) is 0 Å². The maximum absolute atomic E-state index is 12.2. The number of carbonyl (C=O) groups is 1. The molecule has 0 unspecified atom stereocenters. The van der Waals surface area contributed by atoms with E-state index < -0.39 is 0 Å². The fourth-order valence-electron chi connectivity index (χ4n) is 5.94. The van der Waals surface area contributed by atoms with Crippen molar-refractivity contribution in [2.24, 2.45) is 10.8 Å². The first-order valence-electron chi connectivity index (χ1n) is 17.4. The molecule has 0 aliphatic heterocycles. The summed E-state index contributed by atoms with van der Waals surface area (Å²) in [5, 5.41) is 13.4. The molecule has 4 aromatic heterocycles. The summed E-state index contributed by atoms with van der Waals surface area (Å²) in [5.41, 5.74) is 5.54. The SMILES string of the molecule is CC(C)(C)c1cc(-c2nccc3cc(-c4cnc5ccoc5c4)oc23)[c-]c2ccccc12.CCC(C)(CC)C(=O)/C=C(\O)C(C)(CC)CC.[Ir]. The van der Waals surface area contributed by atoms with Crippen LogP contribution >= 0.6 is 0 Å². The molecule has 265 valence electrons. The number of allylic oxidation sites excluding steroid dienone is 2. The zero-order valence-corrected chi connectivity index (χ0v) is 33.1. The molecule has 1 N–H and O–H groups in total. The van der Waals surface area contributed by atoms with Crippen LogP contribution in [0.4, 0.5) is 0 Å². The number of hydrogen-bond acceptors (Lipinski definition) is 6. The van der Waals surface area contributed by atoms with Crippen LogP contribution < -0.4 is 0 Å². The number of aromatic nitrogens is 2. The molecule has 0 atom stereocenters. The number of aliphatic hydroxyl groups is 1. The van der Waals surface area contributed by atoms with Crippen molar-refractivity contribution in [3.63, 3.8) is 0 Å². The number of benzene rings is 2. The minimum absolute atomic E-state index is 0. The molecule has 0 fully saturated rings. The van der Waals surface area contributed by atoms with Gasteiger partial charge >= 0.3 is 0 Å². The smallest absolute Gasteiger partial charge is 0.164 e. The Morgan fingerprint density at radius 1 is 0.880 bits per heavy atom. The summed E-state index contributed by atoms with van der Waals surface area (Å²) in [6, 6.07) is 21.9. The van der Waals surface area contributed by atoms with Gasteiger partial charge in [0, 0.05) is 72.1 Å². The maximum Gasteiger partial charge on any atom is 0.164 e. The van der Waals surface area contributed by atoms with E-state index in [-0.39, 0.29) is 47.9 Å². The molecule has 4 heterocycles. The Bertz CT molecular complexity index is 2120. The normalized spacial score (nSPS) is 12.5. The van der Waals surface area contributed by atoms with Gasteiger partial charge in [-0.2, -0.15) is 0 Å². The van der Waals surface area contributed by atoms with Gasteiger partial charge in [0.2, 0.25) is 0 Å². The monoisotopic (exact) mass is 850 g/mol. The number of carbonyl (C=O) groups excluding carboxylic acids is 1. The Morgan fingerprint density at radius 3 is 2.22 bits per heavy atom. The van der Waals surface area contributed by atoms with Crippen molar-refractivity contribution in [2.75, 3.05) is 0 Å². The third kappa shape index (κ3) is 7.80. The minimum Gasteiger partial charge on any atom is -0.512 e. The predicted molar refractivity (Wildman–Crippen MR) is 201 cm³/mol. The van der Waals surface area contributed by atoms with Crippen molar-refractivity contribution in [3.05, 3.63) is 96.7 Å². The molecule has 0 saturated heterocycles. The van der Waals surface area contributed by atoms with Gasteiger partial charge in [0.15, 0.2) is 11.4 Å². The summed E-state index contributed by atoms with van der Waals surface area (Å²) in [6.45, 7) is 18.8. The number of fused-ring (bicyclic) bond motifs is 3. The van der Waals surface area contributed by atoms with Crippen molar-refractivity contribution in [1.29, 1.82) is 0 Å². The van der Waals surface area contributed by atoms with E-state index >= 15 is 0 Å². The topological polar surface area (TPSA) is 89.4 Å². The molecule has 0 aliphatic rings. The van der Waals surface area contributed by atoms with Gasteiger partial charge in [-0.15, -0.1) is 29.1 Å². The van der Waals surface area contributed by atoms with Crippen LogP contribution in [0.2, 0.25) is 0 Å². The molecular weight excluding hydrogens is 801 g/mol. The maximum atomic E-state index is 12.2. The second kappa shape index (κ2) is 15.4. The first kappa shape index (κ1) is 38.7. The van der Waals surface area contributed by atoms with Crippen LogP contribution in [-0.2, 0) is 30.3 Å². The van der Waals surface area contributed by atoms with Gasteiger partial charge in [0.05, 0.1) is 6.26 Å². The minimum atomic E-state index is -0.337. The quantitative estimate of drug-likeness (QED) is 0.0885. The number of aliphatic hydroxyl groups excluding tert-OH is 1. The van der Waals surface area contributed by atoms with Gasteiger partial charge in [-0.1, -0.05) is 91.5 Å². The molecule has 0 amide bonds. The fourth-order valence-corrected chi connectivity index (χ4v) is 5.94. The molecular formula is C43H49IrN2O4-. The van der Waals surface area contributed by atoms with E-state index in [0.717, 1.165) is 75.7 Å². The van der Waals surface area contributed by atoms with Gasteiger partial charge in [-0.05, 0) is 49.3 Å². The Balaban J connectivity index is 0.000000269. The third-order valence-corrected chi connectivity index (χ3v) is 10.5. The van der Waals surface area contributed by atoms with E-state index in [2.05, 4.69) is 56.1 Å². The second-order valence-corrected chi connectivity index (χ2v) is 14.5. The second-order valence-electron chi connectivity index (χ2n) is 14.5. The number of nitrogens with zero attached hydrogens (tertiary/aromatic N) is 2. The van der Waals surface area contributed by atoms with Crippen LogP contribution in [0.25, 0.3) is 55.4 Å². The van der Waals surface area contributed by atoms with Crippen LogP contribution in [0, 0.1) is 16.9 Å². The molecule has 6 nitrogen and oxygen atoms in total. The summed E-state index contributed by atoms with van der Waals surface area (Å²) in [6.07, 6.45) is 10.0. The third-order valence-electron chi connectivity index (χ3n) is 10.5. The van der Waals surface area contributed by atoms with Gasteiger partial charge in [0.1, 0.15) is 22.6 Å². The first-order chi connectivity index (χ1) is 23.3. The number of pyridine rings is 2. The molecule has 1 radical (unpaired) electrons. The summed E-state index contributed by atoms with van der Waals surface area (Å²) < 4.78 is 11.9. The zero-order valence-electron chi connectivity index (χ0n) is 30.7. The average molecular weight is 850 g/mol. The van der Waals surface area contributed by atoms with Gasteiger partial charge in [0.25, 0.3) is 0 Å². The molecule has 0 saturated carbocycles. The van der Waals surface area contributed by atoms with Gasteiger partial charge in [-0.3, -0.25) is 14.8 Å². The number of hydrogen-bond donors (Lipinski definition) is 1. The van der Waals surface area contributed by atoms with E-state index in [1.165, 1.54) is 17.0 Å². The van der Waals surface area contributed by atoms with Crippen LogP contribution in [0.15, 0.2) is 93.9 Å². The average Bonchev–Trinajstić information content (AvgIpc) is 3.77. The Morgan fingerprint density at radius 2 is 1.56 bits per heavy atom. The standard InChI is InChI=1S/C28H21N2O2.C15H28O2.Ir/c1-28(2,3)22-13-19(12-17-6-4-5-7-21(17)22)26-27-18(8-10-29-26)14-24(32-27)20-15-25-23(30-16-20)9-11-31-25;1-7-14(5,8-2)12(16)11-13(17)15(6,9-3)10-4;/h4-11,13-16H,1-3H3;11,16H,7-10H2,1-6H3;/q-1;;/b;12-11-;. The first-order valence-corrected chi connectivity index (χ1v) is 17.4. The van der Waals surface area contributed by atoms with Crippen molar-refractivity contribution in [3.8, 4) is 22.6 Å². The summed E-state index contributed by atoms with van der Waals surface area (Å²) in [5.74, 6) is 1.02. The molecule has 6 rings (SSSR count). The van der Waals surface area contributed by atoms with Crippen molar-refractivity contribution in [1.82, 2.24) is 9.97 Å². The predicted octanol–water partition coefficient (Wildman–Crippen LogP) is 12.2. The fraction of sp³-hybridized carbons (Fsp3) is 0.372. The molecule has 6 aromatic rings. The molecule has 0 bridgehead atoms.